The van der Waals surface area contributed by atoms with E-state index in [0.717, 1.165) is 25.2 Å². The van der Waals surface area contributed by atoms with Gasteiger partial charge >= 0.3 is 6.18 Å². The summed E-state index contributed by atoms with van der Waals surface area (Å²) < 4.78 is 38.4. The molecule has 0 amide bonds. The lowest BCUT2D eigenvalue weighted by molar-refractivity contribution is -0.137. The standard InChI is InChI=1S/C14H21F3N4/c1-3-21(11-4-5-11)7-6-19-13-9-10(14(15,16)17)8-12(18-2)20-13/h8-9,11H,3-7H2,1-2H3,(H2,18,19,20). The van der Waals surface area contributed by atoms with Gasteiger partial charge in [-0.1, -0.05) is 6.92 Å². The minimum Gasteiger partial charge on any atom is -0.373 e. The highest BCUT2D eigenvalue weighted by molar-refractivity contribution is 5.49. The van der Waals surface area contributed by atoms with Gasteiger partial charge in [0.2, 0.25) is 0 Å². The van der Waals surface area contributed by atoms with Gasteiger partial charge in [-0.2, -0.15) is 13.2 Å². The van der Waals surface area contributed by atoms with Gasteiger partial charge in [0.1, 0.15) is 11.6 Å². The van der Waals surface area contributed by atoms with Crippen LogP contribution in [0.5, 0.6) is 0 Å². The molecule has 0 saturated heterocycles. The van der Waals surface area contributed by atoms with Crippen molar-refractivity contribution in [2.75, 3.05) is 37.3 Å². The number of rotatable bonds is 7. The number of nitrogens with one attached hydrogen (secondary N) is 2. The van der Waals surface area contributed by atoms with Crippen LogP contribution in [0.25, 0.3) is 0 Å². The fraction of sp³-hybridized carbons (Fsp3) is 0.643. The lowest BCUT2D eigenvalue weighted by atomic mass is 10.2. The third-order valence-corrected chi connectivity index (χ3v) is 3.58. The zero-order chi connectivity index (χ0) is 15.5. The highest BCUT2D eigenvalue weighted by Gasteiger charge is 2.31. The molecular formula is C14H21F3N4. The lowest BCUT2D eigenvalue weighted by Crippen LogP contribution is -2.31. The van der Waals surface area contributed by atoms with Crippen LogP contribution in [-0.2, 0) is 6.18 Å². The number of alkyl halides is 3. The Morgan fingerprint density at radius 1 is 1.29 bits per heavy atom. The molecule has 1 aliphatic carbocycles. The van der Waals surface area contributed by atoms with Crippen molar-refractivity contribution in [2.24, 2.45) is 0 Å². The Kier molecular flexibility index (Phi) is 4.92. The van der Waals surface area contributed by atoms with Gasteiger partial charge in [-0.15, -0.1) is 0 Å². The molecule has 0 radical (unpaired) electrons. The van der Waals surface area contributed by atoms with Crippen molar-refractivity contribution >= 4 is 11.6 Å². The van der Waals surface area contributed by atoms with E-state index in [0.29, 0.717) is 12.6 Å². The third kappa shape index (κ3) is 4.49. The number of anilines is 2. The van der Waals surface area contributed by atoms with E-state index in [4.69, 9.17) is 0 Å². The zero-order valence-corrected chi connectivity index (χ0v) is 12.3. The van der Waals surface area contributed by atoms with Crippen LogP contribution in [0.4, 0.5) is 24.8 Å². The Labute approximate surface area is 122 Å². The molecule has 1 aromatic heterocycles. The van der Waals surface area contributed by atoms with Gasteiger partial charge in [0.05, 0.1) is 5.56 Å². The molecule has 21 heavy (non-hydrogen) atoms. The summed E-state index contributed by atoms with van der Waals surface area (Å²) in [5.74, 6) is 0.461. The van der Waals surface area contributed by atoms with Gasteiger partial charge in [0.25, 0.3) is 0 Å². The minimum atomic E-state index is -4.37. The van der Waals surface area contributed by atoms with Crippen molar-refractivity contribution in [1.29, 1.82) is 0 Å². The first-order valence-electron chi connectivity index (χ1n) is 7.19. The third-order valence-electron chi connectivity index (χ3n) is 3.58. The molecule has 1 heterocycles. The van der Waals surface area contributed by atoms with Gasteiger partial charge in [-0.3, -0.25) is 4.90 Å². The van der Waals surface area contributed by atoms with E-state index in [1.807, 2.05) is 0 Å². The van der Waals surface area contributed by atoms with Crippen LogP contribution >= 0.6 is 0 Å². The topological polar surface area (TPSA) is 40.2 Å². The Bertz CT molecular complexity index is 472. The SMILES string of the molecule is CCN(CCNc1cc(C(F)(F)F)cc(NC)n1)C1CC1. The summed E-state index contributed by atoms with van der Waals surface area (Å²) in [7, 11) is 1.55. The van der Waals surface area contributed by atoms with Gasteiger partial charge in [0.15, 0.2) is 0 Å². The molecule has 0 bridgehead atoms. The van der Waals surface area contributed by atoms with Crippen molar-refractivity contribution in [3.05, 3.63) is 17.7 Å². The lowest BCUT2D eigenvalue weighted by Gasteiger charge is -2.20. The molecule has 2 rings (SSSR count). The maximum absolute atomic E-state index is 12.8. The van der Waals surface area contributed by atoms with Crippen molar-refractivity contribution in [2.45, 2.75) is 32.0 Å². The van der Waals surface area contributed by atoms with Crippen LogP contribution < -0.4 is 10.6 Å². The van der Waals surface area contributed by atoms with Crippen LogP contribution in [0.1, 0.15) is 25.3 Å². The number of halogens is 3. The van der Waals surface area contributed by atoms with Crippen molar-refractivity contribution < 1.29 is 13.2 Å². The summed E-state index contributed by atoms with van der Waals surface area (Å²) in [4.78, 5) is 6.44. The number of hydrogen-bond donors (Lipinski definition) is 2. The largest absolute Gasteiger partial charge is 0.416 e. The summed E-state index contributed by atoms with van der Waals surface area (Å²) in [6.45, 7) is 4.46. The van der Waals surface area contributed by atoms with E-state index >= 15 is 0 Å². The zero-order valence-electron chi connectivity index (χ0n) is 12.3. The highest BCUT2D eigenvalue weighted by Crippen LogP contribution is 2.32. The second-order valence-corrected chi connectivity index (χ2v) is 5.16. The van der Waals surface area contributed by atoms with E-state index in [-0.39, 0.29) is 11.6 Å². The molecule has 0 aliphatic heterocycles. The Balaban J connectivity index is 1.98. The summed E-state index contributed by atoms with van der Waals surface area (Å²) >= 11 is 0. The first-order valence-corrected chi connectivity index (χ1v) is 7.19. The quantitative estimate of drug-likeness (QED) is 0.812. The normalized spacial score (nSPS) is 15.3. The summed E-state index contributed by atoms with van der Waals surface area (Å²) in [6, 6.07) is 2.71. The van der Waals surface area contributed by atoms with E-state index in [1.54, 1.807) is 7.05 Å². The molecule has 7 heteroatoms. The molecular weight excluding hydrogens is 281 g/mol. The molecule has 118 valence electrons. The summed E-state index contributed by atoms with van der Waals surface area (Å²) in [6.07, 6.45) is -1.92. The van der Waals surface area contributed by atoms with Crippen molar-refractivity contribution in [1.82, 2.24) is 9.88 Å². The van der Waals surface area contributed by atoms with Gasteiger partial charge in [-0.05, 0) is 31.5 Å². The maximum Gasteiger partial charge on any atom is 0.416 e. The fourth-order valence-corrected chi connectivity index (χ4v) is 2.28. The van der Waals surface area contributed by atoms with Gasteiger partial charge in [-0.25, -0.2) is 4.98 Å². The Morgan fingerprint density at radius 3 is 2.48 bits per heavy atom. The number of hydrogen-bond acceptors (Lipinski definition) is 4. The van der Waals surface area contributed by atoms with Crippen molar-refractivity contribution in [3.63, 3.8) is 0 Å². The molecule has 1 fully saturated rings. The van der Waals surface area contributed by atoms with E-state index in [1.165, 1.54) is 12.8 Å². The van der Waals surface area contributed by atoms with Crippen LogP contribution in [0.2, 0.25) is 0 Å². The predicted octanol–water partition coefficient (Wildman–Crippen LogP) is 3.04. The van der Waals surface area contributed by atoms with Gasteiger partial charge < -0.3 is 10.6 Å². The molecule has 1 saturated carbocycles. The summed E-state index contributed by atoms with van der Waals surface area (Å²) in [5, 5.41) is 5.64. The van der Waals surface area contributed by atoms with E-state index in [2.05, 4.69) is 27.4 Å². The number of likely N-dealkylation sites (N-methyl/N-ethyl adjacent to an activating group) is 1. The molecule has 0 unspecified atom stereocenters. The first kappa shape index (κ1) is 15.9. The Hall–Kier alpha value is -1.50. The maximum atomic E-state index is 12.8. The van der Waals surface area contributed by atoms with E-state index < -0.39 is 11.7 Å². The van der Waals surface area contributed by atoms with Crippen molar-refractivity contribution in [3.8, 4) is 0 Å². The Morgan fingerprint density at radius 2 is 1.95 bits per heavy atom. The molecule has 2 N–H and O–H groups in total. The number of pyridine rings is 1. The molecule has 1 aliphatic rings. The van der Waals surface area contributed by atoms with Crippen LogP contribution in [0.3, 0.4) is 0 Å². The molecule has 0 spiro atoms. The second-order valence-electron chi connectivity index (χ2n) is 5.16. The smallest absolute Gasteiger partial charge is 0.373 e. The molecule has 0 aromatic carbocycles. The van der Waals surface area contributed by atoms with Crippen LogP contribution in [-0.4, -0.2) is 42.6 Å². The molecule has 4 nitrogen and oxygen atoms in total. The fourth-order valence-electron chi connectivity index (χ4n) is 2.28. The molecule has 0 atom stereocenters. The highest BCUT2D eigenvalue weighted by atomic mass is 19.4. The second kappa shape index (κ2) is 6.51. The number of aromatic nitrogens is 1. The van der Waals surface area contributed by atoms with Gasteiger partial charge in [0, 0.05) is 26.2 Å². The number of nitrogens with zero attached hydrogens (tertiary/aromatic N) is 2. The summed E-state index contributed by atoms with van der Waals surface area (Å²) in [5.41, 5.74) is -0.695. The molecule has 1 aromatic rings. The first-order chi connectivity index (χ1) is 9.94. The van der Waals surface area contributed by atoms with Crippen LogP contribution in [0.15, 0.2) is 12.1 Å². The monoisotopic (exact) mass is 302 g/mol. The average molecular weight is 302 g/mol. The van der Waals surface area contributed by atoms with E-state index in [9.17, 15) is 13.2 Å². The minimum absolute atomic E-state index is 0.210. The predicted molar refractivity (Wildman–Crippen MR) is 77.5 cm³/mol. The van der Waals surface area contributed by atoms with Crippen LogP contribution in [0, 0.1) is 0 Å². The average Bonchev–Trinajstić information content (AvgIpc) is 3.27.